The summed E-state index contributed by atoms with van der Waals surface area (Å²) in [6.07, 6.45) is -2.42. The lowest BCUT2D eigenvalue weighted by Crippen LogP contribution is -2.05. The van der Waals surface area contributed by atoms with E-state index in [2.05, 4.69) is 20.9 Å². The van der Waals surface area contributed by atoms with Crippen molar-refractivity contribution in [1.29, 1.82) is 0 Å². The van der Waals surface area contributed by atoms with E-state index in [4.69, 9.17) is 44.3 Å². The average Bonchev–Trinajstić information content (AvgIpc) is 2.50. The van der Waals surface area contributed by atoms with Crippen LogP contribution in [0.15, 0.2) is 45.5 Å². The zero-order valence-corrected chi connectivity index (χ0v) is 15.9. The van der Waals surface area contributed by atoms with Gasteiger partial charge in [-0.1, -0.05) is 34.8 Å². The SMILES string of the molecule is FC(F)(F)c1cnc(Oc2ccc(OCC=C(Cl)Cl)cc2Br)c(Cl)c1. The van der Waals surface area contributed by atoms with Gasteiger partial charge in [0, 0.05) is 6.20 Å². The van der Waals surface area contributed by atoms with E-state index in [1.807, 2.05) is 0 Å². The van der Waals surface area contributed by atoms with Gasteiger partial charge in [-0.2, -0.15) is 13.2 Å². The van der Waals surface area contributed by atoms with E-state index in [0.717, 1.165) is 6.07 Å². The fourth-order valence-corrected chi connectivity index (χ4v) is 2.38. The summed E-state index contributed by atoms with van der Waals surface area (Å²) < 4.78 is 49.2. The van der Waals surface area contributed by atoms with E-state index in [9.17, 15) is 13.2 Å². The molecule has 1 heterocycles. The Bertz CT molecular complexity index is 796. The van der Waals surface area contributed by atoms with Gasteiger partial charge in [-0.25, -0.2) is 4.98 Å². The van der Waals surface area contributed by atoms with Crippen molar-refractivity contribution in [3.8, 4) is 17.4 Å². The Balaban J connectivity index is 2.14. The molecular formula is C15H8BrCl3F3NO2. The van der Waals surface area contributed by atoms with Crippen molar-refractivity contribution < 1.29 is 22.6 Å². The maximum atomic E-state index is 12.6. The molecule has 10 heteroatoms. The first-order valence-electron chi connectivity index (χ1n) is 6.51. The molecular weight excluding hydrogens is 469 g/mol. The highest BCUT2D eigenvalue weighted by Gasteiger charge is 2.31. The summed E-state index contributed by atoms with van der Waals surface area (Å²) in [5.41, 5.74) is -0.960. The standard InChI is InChI=1S/C15H8BrCl3F3NO2/c16-10-6-9(24-4-3-13(18)19)1-2-12(10)25-14-11(17)5-8(7-23-14)15(20,21)22/h1-3,5-7H,4H2. The second kappa shape index (κ2) is 8.49. The summed E-state index contributed by atoms with van der Waals surface area (Å²) in [6, 6.07) is 5.48. The molecule has 0 fully saturated rings. The molecule has 0 saturated carbocycles. The molecule has 0 saturated heterocycles. The molecule has 1 aromatic heterocycles. The fraction of sp³-hybridized carbons (Fsp3) is 0.133. The number of nitrogens with zero attached hydrogens (tertiary/aromatic N) is 1. The third-order valence-electron chi connectivity index (χ3n) is 2.73. The van der Waals surface area contributed by atoms with Crippen LogP contribution in [0.25, 0.3) is 0 Å². The van der Waals surface area contributed by atoms with Gasteiger partial charge in [0.05, 0.1) is 10.0 Å². The van der Waals surface area contributed by atoms with Crippen LogP contribution in [-0.4, -0.2) is 11.6 Å². The van der Waals surface area contributed by atoms with Crippen LogP contribution in [0.4, 0.5) is 13.2 Å². The molecule has 2 aromatic rings. The van der Waals surface area contributed by atoms with Crippen LogP contribution >= 0.6 is 50.7 Å². The number of alkyl halides is 3. The fourth-order valence-electron chi connectivity index (χ4n) is 1.61. The van der Waals surface area contributed by atoms with Gasteiger partial charge in [0.25, 0.3) is 0 Å². The van der Waals surface area contributed by atoms with Gasteiger partial charge in [-0.3, -0.25) is 0 Å². The Hall–Kier alpha value is -1.15. The number of halogens is 7. The lowest BCUT2D eigenvalue weighted by atomic mass is 10.3. The first-order valence-corrected chi connectivity index (χ1v) is 8.43. The van der Waals surface area contributed by atoms with E-state index in [-0.39, 0.29) is 22.0 Å². The lowest BCUT2D eigenvalue weighted by Gasteiger charge is -2.12. The Morgan fingerprint density at radius 2 is 1.96 bits per heavy atom. The molecule has 0 unspecified atom stereocenters. The van der Waals surface area contributed by atoms with E-state index in [0.29, 0.717) is 22.2 Å². The largest absolute Gasteiger partial charge is 0.489 e. The van der Waals surface area contributed by atoms with Crippen molar-refractivity contribution in [3.63, 3.8) is 0 Å². The normalized spacial score (nSPS) is 11.2. The summed E-state index contributed by atoms with van der Waals surface area (Å²) >= 11 is 20.0. The highest BCUT2D eigenvalue weighted by molar-refractivity contribution is 9.10. The number of benzene rings is 1. The predicted octanol–water partition coefficient (Wildman–Crippen LogP) is 7.01. The van der Waals surface area contributed by atoms with Gasteiger partial charge in [0.2, 0.25) is 5.88 Å². The van der Waals surface area contributed by atoms with Gasteiger partial charge >= 0.3 is 6.18 Å². The third-order valence-corrected chi connectivity index (χ3v) is 3.93. The number of hydrogen-bond donors (Lipinski definition) is 0. The van der Waals surface area contributed by atoms with Gasteiger partial charge in [0.1, 0.15) is 27.6 Å². The lowest BCUT2D eigenvalue weighted by molar-refractivity contribution is -0.137. The number of rotatable bonds is 5. The number of hydrogen-bond acceptors (Lipinski definition) is 3. The minimum Gasteiger partial charge on any atom is -0.489 e. The smallest absolute Gasteiger partial charge is 0.417 e. The molecule has 0 radical (unpaired) electrons. The van der Waals surface area contributed by atoms with Crippen LogP contribution in [0.3, 0.4) is 0 Å². The van der Waals surface area contributed by atoms with E-state index >= 15 is 0 Å². The molecule has 0 bridgehead atoms. The summed E-state index contributed by atoms with van der Waals surface area (Å²) in [5, 5.41) is -0.260. The Labute approximate surface area is 164 Å². The first-order chi connectivity index (χ1) is 11.7. The maximum Gasteiger partial charge on any atom is 0.417 e. The second-order valence-corrected chi connectivity index (χ2v) is 6.78. The minimum absolute atomic E-state index is 0.0852. The monoisotopic (exact) mass is 475 g/mol. The highest BCUT2D eigenvalue weighted by Crippen LogP contribution is 2.37. The van der Waals surface area contributed by atoms with E-state index in [1.54, 1.807) is 18.2 Å². The first kappa shape index (κ1) is 20.2. The molecule has 0 N–H and O–H groups in total. The van der Waals surface area contributed by atoms with Crippen LogP contribution in [-0.2, 0) is 6.18 Å². The number of ether oxygens (including phenoxy) is 2. The molecule has 0 spiro atoms. The van der Waals surface area contributed by atoms with Crippen molar-refractivity contribution in [1.82, 2.24) is 4.98 Å². The van der Waals surface area contributed by atoms with Gasteiger partial charge in [0.15, 0.2) is 0 Å². The summed E-state index contributed by atoms with van der Waals surface area (Å²) in [4.78, 5) is 3.61. The number of pyridine rings is 1. The zero-order chi connectivity index (χ0) is 18.6. The molecule has 3 nitrogen and oxygen atoms in total. The van der Waals surface area contributed by atoms with Crippen molar-refractivity contribution in [2.45, 2.75) is 6.18 Å². The van der Waals surface area contributed by atoms with Crippen LogP contribution in [0.1, 0.15) is 5.56 Å². The Morgan fingerprint density at radius 3 is 2.52 bits per heavy atom. The van der Waals surface area contributed by atoms with Gasteiger partial charge < -0.3 is 9.47 Å². The molecule has 134 valence electrons. The van der Waals surface area contributed by atoms with E-state index in [1.165, 1.54) is 6.08 Å². The highest BCUT2D eigenvalue weighted by atomic mass is 79.9. The number of aromatic nitrogens is 1. The molecule has 0 aliphatic heterocycles. The molecule has 0 amide bonds. The topological polar surface area (TPSA) is 31.4 Å². The van der Waals surface area contributed by atoms with Gasteiger partial charge in [-0.05, 0) is 46.3 Å². The summed E-state index contributed by atoms with van der Waals surface area (Å²) in [6.45, 7) is 0.168. The van der Waals surface area contributed by atoms with Crippen LogP contribution in [0.2, 0.25) is 5.02 Å². The Morgan fingerprint density at radius 1 is 1.24 bits per heavy atom. The van der Waals surface area contributed by atoms with Crippen molar-refractivity contribution in [2.24, 2.45) is 0 Å². The van der Waals surface area contributed by atoms with Crippen molar-refractivity contribution in [3.05, 3.63) is 56.1 Å². The summed E-state index contributed by atoms with van der Waals surface area (Å²) in [7, 11) is 0. The van der Waals surface area contributed by atoms with Crippen molar-refractivity contribution >= 4 is 50.7 Å². The minimum atomic E-state index is -4.53. The summed E-state index contributed by atoms with van der Waals surface area (Å²) in [5.74, 6) is 0.643. The molecule has 25 heavy (non-hydrogen) atoms. The quantitative estimate of drug-likeness (QED) is 0.464. The maximum absolute atomic E-state index is 12.6. The molecule has 2 rings (SSSR count). The molecule has 1 aromatic carbocycles. The van der Waals surface area contributed by atoms with Gasteiger partial charge in [-0.15, -0.1) is 0 Å². The molecule has 0 aliphatic carbocycles. The van der Waals surface area contributed by atoms with Crippen molar-refractivity contribution in [2.75, 3.05) is 6.61 Å². The molecule has 0 atom stereocenters. The zero-order valence-electron chi connectivity index (χ0n) is 12.1. The van der Waals surface area contributed by atoms with E-state index < -0.39 is 11.7 Å². The second-order valence-electron chi connectivity index (χ2n) is 4.51. The third kappa shape index (κ3) is 5.95. The molecule has 0 aliphatic rings. The van der Waals surface area contributed by atoms with Crippen LogP contribution < -0.4 is 9.47 Å². The predicted molar refractivity (Wildman–Crippen MR) is 93.7 cm³/mol. The average molecular weight is 477 g/mol. The van der Waals surface area contributed by atoms with Crippen LogP contribution in [0, 0.1) is 0 Å². The van der Waals surface area contributed by atoms with Crippen LogP contribution in [0.5, 0.6) is 17.4 Å². The Kier molecular flexibility index (Phi) is 6.85.